The van der Waals surface area contributed by atoms with Crippen LogP contribution in [0.25, 0.3) is 0 Å². The first-order valence-electron chi connectivity index (χ1n) is 4.72. The van der Waals surface area contributed by atoms with Crippen LogP contribution in [-0.4, -0.2) is 47.2 Å². The monoisotopic (exact) mass is 338 g/mol. The van der Waals surface area contributed by atoms with Crippen LogP contribution < -0.4 is 59.1 Å². The Morgan fingerprint density at radius 1 is 0.800 bits per heavy atom. The van der Waals surface area contributed by atoms with Crippen LogP contribution in [0.3, 0.4) is 0 Å². The molecule has 0 saturated heterocycles. The fourth-order valence-electron chi connectivity index (χ4n) is 0. The molecule has 0 saturated carbocycles. The van der Waals surface area contributed by atoms with Crippen LogP contribution in [0.4, 0.5) is 0 Å². The Labute approximate surface area is 167 Å². The second-order valence-electron chi connectivity index (χ2n) is 4.61. The standard InChI is InChI=1S/2C4H10O2.CH4O.2Na.H2O3S/c2*1-4(2,3)6-5;1-2;;;1-4(2)3/h2*5H,1-3H3;2H,1H3;;;(H2,1,2,3)/q;;;2*+1;/p-2. The van der Waals surface area contributed by atoms with E-state index in [1.807, 2.05) is 0 Å². The molecule has 0 aliphatic rings. The van der Waals surface area contributed by atoms with E-state index in [-0.39, 0.29) is 59.1 Å². The van der Waals surface area contributed by atoms with E-state index in [0.717, 1.165) is 7.11 Å². The summed E-state index contributed by atoms with van der Waals surface area (Å²) in [5.74, 6) is 0. The van der Waals surface area contributed by atoms with Gasteiger partial charge >= 0.3 is 59.1 Å². The summed E-state index contributed by atoms with van der Waals surface area (Å²) in [5.41, 5.74) is -0.806. The maximum atomic E-state index is 8.44. The number of aliphatic hydroxyl groups is 1. The zero-order valence-electron chi connectivity index (χ0n) is 13.8. The fourth-order valence-corrected chi connectivity index (χ4v) is 0. The van der Waals surface area contributed by atoms with Gasteiger partial charge in [0.15, 0.2) is 0 Å². The van der Waals surface area contributed by atoms with E-state index < -0.39 is 22.6 Å². The van der Waals surface area contributed by atoms with Gasteiger partial charge in [0, 0.05) is 7.11 Å². The van der Waals surface area contributed by atoms with E-state index in [4.69, 9.17) is 28.9 Å². The van der Waals surface area contributed by atoms with Gasteiger partial charge in [0.05, 0.1) is 11.2 Å². The molecule has 116 valence electrons. The van der Waals surface area contributed by atoms with Crippen molar-refractivity contribution in [2.45, 2.75) is 52.7 Å². The first-order chi connectivity index (χ1) is 7.85. The number of hydrogen-bond acceptors (Lipinski definition) is 8. The van der Waals surface area contributed by atoms with Gasteiger partial charge in [-0.3, -0.25) is 14.7 Å². The molecule has 20 heavy (non-hydrogen) atoms. The van der Waals surface area contributed by atoms with E-state index in [0.29, 0.717) is 0 Å². The molecule has 0 heterocycles. The number of aliphatic hydroxyl groups excluding tert-OH is 1. The number of rotatable bonds is 0. The largest absolute Gasteiger partial charge is 1.00 e. The van der Waals surface area contributed by atoms with Crippen molar-refractivity contribution in [3.8, 4) is 0 Å². The average Bonchev–Trinajstić information content (AvgIpc) is 2.19. The molecule has 0 bridgehead atoms. The van der Waals surface area contributed by atoms with Gasteiger partial charge in [-0.15, -0.1) is 11.4 Å². The van der Waals surface area contributed by atoms with Crippen LogP contribution in [-0.2, 0) is 21.1 Å². The van der Waals surface area contributed by atoms with Gasteiger partial charge in [-0.1, -0.05) is 0 Å². The Bertz CT molecular complexity index is 164. The van der Waals surface area contributed by atoms with Gasteiger partial charge in [0.2, 0.25) is 0 Å². The molecule has 0 radical (unpaired) electrons. The van der Waals surface area contributed by atoms with Gasteiger partial charge in [0.1, 0.15) is 0 Å². The summed E-state index contributed by atoms with van der Waals surface area (Å²) in [7, 11) is 1.00. The van der Waals surface area contributed by atoms with Gasteiger partial charge < -0.3 is 14.2 Å². The topological polar surface area (TPSA) is 142 Å². The molecule has 0 aliphatic carbocycles. The molecule has 0 rings (SSSR count). The molecule has 0 fully saturated rings. The predicted molar refractivity (Wildman–Crippen MR) is 64.8 cm³/mol. The Hall–Kier alpha value is 1.87. The quantitative estimate of drug-likeness (QED) is 0.173. The SMILES string of the molecule is CC(C)(C)OO.CC(C)(C)OO.CO.O=S([O-])[O-].[Na+].[Na+]. The summed E-state index contributed by atoms with van der Waals surface area (Å²) < 4.78 is 25.3. The summed E-state index contributed by atoms with van der Waals surface area (Å²) >= 11 is -3.11. The van der Waals surface area contributed by atoms with Crippen molar-refractivity contribution in [2.75, 3.05) is 7.11 Å². The Morgan fingerprint density at radius 2 is 0.850 bits per heavy atom. The molecule has 0 aliphatic heterocycles. The Kier molecular flexibility index (Phi) is 43.8. The van der Waals surface area contributed by atoms with Crippen LogP contribution in [0.1, 0.15) is 41.5 Å². The maximum absolute atomic E-state index is 8.44. The molecule has 8 nitrogen and oxygen atoms in total. The first-order valence-corrected chi connectivity index (χ1v) is 5.72. The van der Waals surface area contributed by atoms with E-state index in [1.165, 1.54) is 0 Å². The van der Waals surface area contributed by atoms with E-state index in [2.05, 4.69) is 9.78 Å². The molecule has 0 amide bonds. The molecule has 3 N–H and O–H groups in total. The summed E-state index contributed by atoms with van der Waals surface area (Å²) in [6, 6.07) is 0. The molecule has 0 unspecified atom stereocenters. The van der Waals surface area contributed by atoms with E-state index in [1.54, 1.807) is 41.5 Å². The number of hydrogen-bond donors (Lipinski definition) is 3. The van der Waals surface area contributed by atoms with Crippen molar-refractivity contribution in [1.82, 2.24) is 0 Å². The molecule has 0 aromatic heterocycles. The second-order valence-corrected chi connectivity index (χ2v) is 5.02. The van der Waals surface area contributed by atoms with Crippen LogP contribution in [0.15, 0.2) is 0 Å². The van der Waals surface area contributed by atoms with E-state index in [9.17, 15) is 0 Å². The van der Waals surface area contributed by atoms with Gasteiger partial charge in [0.25, 0.3) is 0 Å². The normalized spacial score (nSPS) is 9.25. The maximum Gasteiger partial charge on any atom is 1.00 e. The zero-order valence-corrected chi connectivity index (χ0v) is 18.6. The van der Waals surface area contributed by atoms with Crippen molar-refractivity contribution in [2.24, 2.45) is 0 Å². The van der Waals surface area contributed by atoms with Gasteiger partial charge in [-0.2, -0.15) is 0 Å². The third-order valence-electron chi connectivity index (χ3n) is 0.548. The minimum atomic E-state index is -3.11. The first kappa shape index (κ1) is 37.8. The summed E-state index contributed by atoms with van der Waals surface area (Å²) in [5, 5.41) is 22.8. The average molecular weight is 338 g/mol. The van der Waals surface area contributed by atoms with Crippen LogP contribution in [0.5, 0.6) is 0 Å². The van der Waals surface area contributed by atoms with Crippen molar-refractivity contribution >= 4 is 11.4 Å². The zero-order chi connectivity index (χ0) is 16.0. The third-order valence-corrected chi connectivity index (χ3v) is 0.548. The Balaban J connectivity index is -0.0000000335. The van der Waals surface area contributed by atoms with Gasteiger partial charge in [-0.25, -0.2) is 9.78 Å². The Morgan fingerprint density at radius 3 is 0.850 bits per heavy atom. The minimum Gasteiger partial charge on any atom is -0.784 e. The van der Waals surface area contributed by atoms with Crippen LogP contribution in [0.2, 0.25) is 0 Å². The van der Waals surface area contributed by atoms with Crippen molar-refractivity contribution in [3.63, 3.8) is 0 Å². The fraction of sp³-hybridized carbons (Fsp3) is 1.00. The van der Waals surface area contributed by atoms with Gasteiger partial charge in [-0.05, 0) is 41.5 Å². The summed E-state index contributed by atoms with van der Waals surface area (Å²) in [6.07, 6.45) is 0. The molecule has 11 heteroatoms. The van der Waals surface area contributed by atoms with Crippen molar-refractivity contribution in [1.29, 1.82) is 0 Å². The molecule has 0 aromatic carbocycles. The van der Waals surface area contributed by atoms with Crippen molar-refractivity contribution < 1.29 is 97.8 Å². The molecular formula is C9H24Na2O8S. The molecular weight excluding hydrogens is 314 g/mol. The van der Waals surface area contributed by atoms with E-state index >= 15 is 0 Å². The van der Waals surface area contributed by atoms with Crippen molar-refractivity contribution in [3.05, 3.63) is 0 Å². The third kappa shape index (κ3) is 114. The van der Waals surface area contributed by atoms with Crippen LogP contribution in [0, 0.1) is 0 Å². The smallest absolute Gasteiger partial charge is 0.784 e. The van der Waals surface area contributed by atoms with Crippen LogP contribution >= 0.6 is 0 Å². The predicted octanol–water partition coefficient (Wildman–Crippen LogP) is -4.84. The summed E-state index contributed by atoms with van der Waals surface area (Å²) in [6.45, 7) is 10.6. The molecule has 0 spiro atoms. The second kappa shape index (κ2) is 23.1. The molecule has 0 aromatic rings. The molecule has 0 atom stereocenters. The minimum absolute atomic E-state index is 0. The summed E-state index contributed by atoms with van der Waals surface area (Å²) in [4.78, 5) is 7.88.